The van der Waals surface area contributed by atoms with E-state index in [0.717, 1.165) is 24.0 Å². The van der Waals surface area contributed by atoms with Gasteiger partial charge in [0, 0.05) is 30.7 Å². The minimum absolute atomic E-state index is 0.111. The maximum atomic E-state index is 6.27. The quantitative estimate of drug-likeness (QED) is 0.567. The topological polar surface area (TPSA) is 81.0 Å². The maximum absolute atomic E-state index is 6.27. The molecule has 5 rings (SSSR count). The summed E-state index contributed by atoms with van der Waals surface area (Å²) in [5.41, 5.74) is 0. The monoisotopic (exact) mass is 459 g/mol. The highest BCUT2D eigenvalue weighted by Gasteiger charge is 2.43. The summed E-state index contributed by atoms with van der Waals surface area (Å²) in [7, 11) is 0. The Morgan fingerprint density at radius 2 is 1.90 bits per heavy atom. The molecule has 0 radical (unpaired) electrons. The van der Waals surface area contributed by atoms with Crippen molar-refractivity contribution < 1.29 is 4.74 Å². The van der Waals surface area contributed by atoms with E-state index >= 15 is 0 Å². The van der Waals surface area contributed by atoms with Crippen LogP contribution in [0.25, 0.3) is 0 Å². The van der Waals surface area contributed by atoms with Crippen molar-refractivity contribution in [2.24, 2.45) is 11.8 Å². The molecule has 1 saturated carbocycles. The van der Waals surface area contributed by atoms with Gasteiger partial charge in [-0.1, -0.05) is 23.7 Å². The molecule has 2 aromatic heterocycles. The molecule has 1 unspecified atom stereocenters. The lowest BCUT2D eigenvalue weighted by molar-refractivity contribution is 0.374. The molecule has 1 aliphatic heterocycles. The highest BCUT2D eigenvalue weighted by atomic mass is 35.5. The van der Waals surface area contributed by atoms with Crippen molar-refractivity contribution in [1.29, 1.82) is 0 Å². The number of halogens is 1. The van der Waals surface area contributed by atoms with Gasteiger partial charge in [-0.05, 0) is 57.6 Å². The number of hydrogen-bond acceptors (Lipinski definition) is 8. The van der Waals surface area contributed by atoms with Crippen molar-refractivity contribution in [3.63, 3.8) is 0 Å². The second-order valence-electron chi connectivity index (χ2n) is 8.59. The Bertz CT molecular complexity index is 1050. The van der Waals surface area contributed by atoms with Crippen LogP contribution in [0.15, 0.2) is 24.3 Å². The predicted molar refractivity (Wildman–Crippen MR) is 122 cm³/mol. The number of aromatic nitrogens is 5. The molecule has 3 aromatic rings. The van der Waals surface area contributed by atoms with Gasteiger partial charge in [0.2, 0.25) is 11.1 Å². The normalized spacial score (nSPS) is 22.9. The fourth-order valence-electron chi connectivity index (χ4n) is 4.58. The standard InChI is InChI=1S/C21H26ClN7OS/c1-12(2)29-20(30-17-7-5-4-6-16(17)22)25-19(26-29)24-18-14-8-9-15(18)11-28(10-14)21-23-13(3)27-31-21/h4-7,12,14-15,18H,8-11H2,1-3H3,(H,24,26)/t14-,15+,18?. The number of aryl methyl sites for hydroxylation is 1. The Balaban J connectivity index is 1.33. The minimum Gasteiger partial charge on any atom is -0.423 e. The summed E-state index contributed by atoms with van der Waals surface area (Å²) in [6.45, 7) is 8.03. The molecular formula is C21H26ClN7OS. The zero-order valence-corrected chi connectivity index (χ0v) is 19.4. The Kier molecular flexibility index (Phi) is 5.47. The first-order chi connectivity index (χ1) is 15.0. The zero-order chi connectivity index (χ0) is 21.5. The summed E-state index contributed by atoms with van der Waals surface area (Å²) < 4.78 is 12.2. The summed E-state index contributed by atoms with van der Waals surface area (Å²) in [5.74, 6) is 3.09. The van der Waals surface area contributed by atoms with Crippen molar-refractivity contribution >= 4 is 34.2 Å². The van der Waals surface area contributed by atoms with E-state index in [9.17, 15) is 0 Å². The number of rotatable bonds is 6. The number of benzene rings is 1. The van der Waals surface area contributed by atoms with Crippen LogP contribution < -0.4 is 15.0 Å². The molecule has 2 bridgehead atoms. The molecule has 31 heavy (non-hydrogen) atoms. The van der Waals surface area contributed by atoms with Crippen molar-refractivity contribution in [3.8, 4) is 11.8 Å². The number of hydrogen-bond donors (Lipinski definition) is 1. The van der Waals surface area contributed by atoms with E-state index in [-0.39, 0.29) is 6.04 Å². The Morgan fingerprint density at radius 1 is 1.16 bits per heavy atom. The lowest BCUT2D eigenvalue weighted by Crippen LogP contribution is -2.48. The summed E-state index contributed by atoms with van der Waals surface area (Å²) >= 11 is 7.76. The SMILES string of the molecule is Cc1nsc(N2C[C@H]3CC[C@@H](C2)C3Nc2nc(Oc3ccccc3Cl)n(C(C)C)n2)n1. The van der Waals surface area contributed by atoms with Crippen LogP contribution in [0.2, 0.25) is 5.02 Å². The van der Waals surface area contributed by atoms with E-state index < -0.39 is 0 Å². The van der Waals surface area contributed by atoms with Gasteiger partial charge in [-0.3, -0.25) is 0 Å². The number of fused-ring (bicyclic) bond motifs is 2. The van der Waals surface area contributed by atoms with Gasteiger partial charge < -0.3 is 15.0 Å². The highest BCUT2D eigenvalue weighted by molar-refractivity contribution is 7.09. The molecule has 0 amide bonds. The van der Waals surface area contributed by atoms with Crippen LogP contribution in [0.3, 0.4) is 0 Å². The first kappa shape index (κ1) is 20.5. The van der Waals surface area contributed by atoms with Crippen molar-refractivity contribution in [3.05, 3.63) is 35.1 Å². The van der Waals surface area contributed by atoms with E-state index in [4.69, 9.17) is 21.4 Å². The second-order valence-corrected chi connectivity index (χ2v) is 9.72. The lowest BCUT2D eigenvalue weighted by Gasteiger charge is -2.37. The number of ether oxygens (including phenoxy) is 1. The summed E-state index contributed by atoms with van der Waals surface area (Å²) in [4.78, 5) is 11.6. The van der Waals surface area contributed by atoms with Gasteiger partial charge in [-0.2, -0.15) is 9.36 Å². The molecule has 1 N–H and O–H groups in total. The summed E-state index contributed by atoms with van der Waals surface area (Å²) in [6.07, 6.45) is 2.40. The molecule has 3 atom stereocenters. The number of para-hydroxylation sites is 1. The van der Waals surface area contributed by atoms with E-state index in [1.165, 1.54) is 24.4 Å². The number of nitrogens with zero attached hydrogens (tertiary/aromatic N) is 6. The van der Waals surface area contributed by atoms with Gasteiger partial charge in [0.1, 0.15) is 11.6 Å². The molecule has 8 nitrogen and oxygen atoms in total. The van der Waals surface area contributed by atoms with E-state index in [1.807, 2.05) is 25.1 Å². The third kappa shape index (κ3) is 4.08. The molecule has 1 aromatic carbocycles. The van der Waals surface area contributed by atoms with Crippen molar-refractivity contribution in [2.45, 2.75) is 45.7 Å². The molecule has 164 valence electrons. The van der Waals surface area contributed by atoms with Crippen molar-refractivity contribution in [1.82, 2.24) is 24.1 Å². The van der Waals surface area contributed by atoms with Crippen LogP contribution in [0.4, 0.5) is 11.1 Å². The number of piperidine rings is 1. The zero-order valence-electron chi connectivity index (χ0n) is 17.8. The first-order valence-electron chi connectivity index (χ1n) is 10.7. The van der Waals surface area contributed by atoms with Crippen LogP contribution in [0.1, 0.15) is 38.6 Å². The molecular weight excluding hydrogens is 434 g/mol. The average Bonchev–Trinajstić information content (AvgIpc) is 3.40. The molecule has 2 fully saturated rings. The number of nitrogens with one attached hydrogen (secondary N) is 1. The molecule has 0 spiro atoms. The maximum Gasteiger partial charge on any atom is 0.322 e. The fraction of sp³-hybridized carbons (Fsp3) is 0.524. The molecule has 2 aliphatic rings. The van der Waals surface area contributed by atoms with Crippen LogP contribution in [0, 0.1) is 18.8 Å². The van der Waals surface area contributed by atoms with Gasteiger partial charge in [0.15, 0.2) is 0 Å². The first-order valence-corrected chi connectivity index (χ1v) is 11.8. The third-order valence-corrected chi connectivity index (χ3v) is 7.22. The van der Waals surface area contributed by atoms with E-state index in [0.29, 0.717) is 40.6 Å². The highest BCUT2D eigenvalue weighted by Crippen LogP contribution is 2.40. The van der Waals surface area contributed by atoms with Crippen molar-refractivity contribution in [2.75, 3.05) is 23.3 Å². The van der Waals surface area contributed by atoms with Gasteiger partial charge in [-0.15, -0.1) is 5.10 Å². The van der Waals surface area contributed by atoms with Crippen LogP contribution >= 0.6 is 23.1 Å². The predicted octanol–water partition coefficient (Wildman–Crippen LogP) is 4.79. The largest absolute Gasteiger partial charge is 0.423 e. The van der Waals surface area contributed by atoms with Crippen LogP contribution in [-0.2, 0) is 0 Å². The minimum atomic E-state index is 0.111. The van der Waals surface area contributed by atoms with E-state index in [1.54, 1.807) is 10.7 Å². The Hall–Kier alpha value is -2.39. The summed E-state index contributed by atoms with van der Waals surface area (Å²) in [6, 6.07) is 8.31. The van der Waals surface area contributed by atoms with Gasteiger partial charge in [0.25, 0.3) is 0 Å². The fourth-order valence-corrected chi connectivity index (χ4v) is 5.45. The number of anilines is 2. The molecule has 3 heterocycles. The Morgan fingerprint density at radius 3 is 2.55 bits per heavy atom. The van der Waals surface area contributed by atoms with E-state index in [2.05, 4.69) is 38.4 Å². The molecule has 10 heteroatoms. The second kappa shape index (κ2) is 8.27. The van der Waals surface area contributed by atoms with Crippen LogP contribution in [-0.4, -0.2) is 43.3 Å². The van der Waals surface area contributed by atoms with Crippen LogP contribution in [0.5, 0.6) is 11.8 Å². The lowest BCUT2D eigenvalue weighted by atomic mass is 9.92. The Labute approximate surface area is 190 Å². The third-order valence-electron chi connectivity index (χ3n) is 6.04. The van der Waals surface area contributed by atoms with Gasteiger partial charge in [-0.25, -0.2) is 9.67 Å². The molecule has 1 aliphatic carbocycles. The smallest absolute Gasteiger partial charge is 0.322 e. The summed E-state index contributed by atoms with van der Waals surface area (Å²) in [5, 5.41) is 9.90. The molecule has 1 saturated heterocycles. The van der Waals surface area contributed by atoms with Gasteiger partial charge in [0.05, 0.1) is 11.1 Å². The average molecular weight is 460 g/mol. The van der Waals surface area contributed by atoms with Gasteiger partial charge >= 0.3 is 6.01 Å².